The van der Waals surface area contributed by atoms with Crippen LogP contribution < -0.4 is 9.62 Å². The number of hydrogen-bond donors (Lipinski definition) is 1. The number of sulfonamides is 1. The molecule has 7 nitrogen and oxygen atoms in total. The molecule has 0 spiro atoms. The Hall–Kier alpha value is -4.14. The number of amides is 2. The van der Waals surface area contributed by atoms with Crippen LogP contribution in [-0.2, 0) is 32.6 Å². The maximum atomic E-state index is 14.6. The van der Waals surface area contributed by atoms with E-state index >= 15 is 0 Å². The second-order valence-corrected chi connectivity index (χ2v) is 14.2. The Bertz CT molecular complexity index is 1710. The lowest BCUT2D eigenvalue weighted by Gasteiger charge is -2.35. The van der Waals surface area contributed by atoms with Crippen molar-refractivity contribution in [3.05, 3.63) is 131 Å². The van der Waals surface area contributed by atoms with Crippen LogP contribution in [0.1, 0.15) is 48.8 Å². The molecule has 2 amide bonds. The van der Waals surface area contributed by atoms with E-state index in [1.54, 1.807) is 48.5 Å². The van der Waals surface area contributed by atoms with Crippen molar-refractivity contribution in [3.8, 4) is 0 Å². The fourth-order valence-corrected chi connectivity index (χ4v) is 7.47. The van der Waals surface area contributed by atoms with Gasteiger partial charge in [0.1, 0.15) is 12.6 Å². The van der Waals surface area contributed by atoms with E-state index in [9.17, 15) is 18.0 Å². The first-order valence-electron chi connectivity index (χ1n) is 15.7. The largest absolute Gasteiger partial charge is 0.352 e. The van der Waals surface area contributed by atoms with E-state index in [-0.39, 0.29) is 29.8 Å². The Kier molecular flexibility index (Phi) is 11.1. The van der Waals surface area contributed by atoms with Gasteiger partial charge in [-0.2, -0.15) is 0 Å². The van der Waals surface area contributed by atoms with Crippen molar-refractivity contribution in [3.63, 3.8) is 0 Å². The quantitative estimate of drug-likeness (QED) is 0.179. The van der Waals surface area contributed by atoms with Gasteiger partial charge in [0.15, 0.2) is 0 Å². The van der Waals surface area contributed by atoms with Crippen LogP contribution in [0.5, 0.6) is 0 Å². The van der Waals surface area contributed by atoms with Gasteiger partial charge < -0.3 is 10.2 Å². The summed E-state index contributed by atoms with van der Waals surface area (Å²) >= 11 is 6.18. The van der Waals surface area contributed by atoms with E-state index in [1.807, 2.05) is 55.5 Å². The van der Waals surface area contributed by atoms with Crippen molar-refractivity contribution in [2.24, 2.45) is 0 Å². The molecular weight excluding hydrogens is 618 g/mol. The average Bonchev–Trinajstić information content (AvgIpc) is 3.07. The third-order valence-electron chi connectivity index (χ3n) is 8.39. The van der Waals surface area contributed by atoms with Crippen LogP contribution >= 0.6 is 11.6 Å². The van der Waals surface area contributed by atoms with Crippen LogP contribution in [0.4, 0.5) is 5.69 Å². The van der Waals surface area contributed by atoms with Gasteiger partial charge >= 0.3 is 0 Å². The topological polar surface area (TPSA) is 86.8 Å². The van der Waals surface area contributed by atoms with Crippen LogP contribution in [0, 0.1) is 6.92 Å². The molecule has 1 aliphatic rings. The molecule has 0 heterocycles. The summed E-state index contributed by atoms with van der Waals surface area (Å²) in [6.07, 6.45) is 5.30. The molecule has 0 aromatic heterocycles. The van der Waals surface area contributed by atoms with Crippen molar-refractivity contribution in [2.75, 3.05) is 10.8 Å². The minimum atomic E-state index is -4.14. The standard InChI is InChI=1S/C37H40ClN3O4S/c1-28-12-11-17-33(24-28)41(46(44,45)34-18-9-4-10-19-34)27-36(42)40(26-30-20-22-31(38)23-21-30)35(25-29-13-5-2-6-14-29)37(43)39-32-15-7-3-8-16-32/h2,4-6,9-14,17-24,32,35H,3,7-8,15-16,25-27H2,1H3,(H,39,43)/t35-/m0/s1. The van der Waals surface area contributed by atoms with Crippen LogP contribution in [0.2, 0.25) is 5.02 Å². The van der Waals surface area contributed by atoms with Crippen molar-refractivity contribution < 1.29 is 18.0 Å². The fraction of sp³-hybridized carbons (Fsp3) is 0.297. The molecule has 240 valence electrons. The van der Waals surface area contributed by atoms with E-state index in [4.69, 9.17) is 11.6 Å². The van der Waals surface area contributed by atoms with Crippen molar-refractivity contribution in [1.29, 1.82) is 0 Å². The van der Waals surface area contributed by atoms with Gasteiger partial charge in [0.25, 0.3) is 10.0 Å². The molecule has 4 aromatic carbocycles. The second-order valence-electron chi connectivity index (χ2n) is 11.9. The van der Waals surface area contributed by atoms with Gasteiger partial charge in [-0.3, -0.25) is 13.9 Å². The molecule has 0 radical (unpaired) electrons. The summed E-state index contributed by atoms with van der Waals surface area (Å²) in [5.74, 6) is -0.734. The highest BCUT2D eigenvalue weighted by Gasteiger charge is 2.35. The number of nitrogens with one attached hydrogen (secondary N) is 1. The Morgan fingerprint density at radius 2 is 1.48 bits per heavy atom. The summed E-state index contributed by atoms with van der Waals surface area (Å²) in [6, 6.07) is 31.0. The molecule has 4 aromatic rings. The number of carbonyl (C=O) groups excluding carboxylic acids is 2. The SMILES string of the molecule is Cc1cccc(N(CC(=O)N(Cc2ccc(Cl)cc2)[C@@H](Cc2ccccc2)C(=O)NC2CCCCC2)S(=O)(=O)c2ccccc2)c1. The van der Waals surface area contributed by atoms with Crippen LogP contribution in [0.3, 0.4) is 0 Å². The summed E-state index contributed by atoms with van der Waals surface area (Å²) in [7, 11) is -4.14. The number of carbonyl (C=O) groups is 2. The van der Waals surface area contributed by atoms with Gasteiger partial charge in [0.2, 0.25) is 11.8 Å². The number of benzene rings is 4. The minimum absolute atomic E-state index is 0.0364. The molecule has 1 atom stereocenters. The summed E-state index contributed by atoms with van der Waals surface area (Å²) in [5.41, 5.74) is 2.89. The zero-order valence-corrected chi connectivity index (χ0v) is 27.6. The maximum Gasteiger partial charge on any atom is 0.264 e. The first-order chi connectivity index (χ1) is 22.2. The van der Waals surface area contributed by atoms with Gasteiger partial charge in [-0.1, -0.05) is 104 Å². The van der Waals surface area contributed by atoms with Crippen LogP contribution in [0.25, 0.3) is 0 Å². The van der Waals surface area contributed by atoms with Gasteiger partial charge in [0.05, 0.1) is 10.6 Å². The van der Waals surface area contributed by atoms with Crippen molar-refractivity contribution >= 4 is 39.1 Å². The van der Waals surface area contributed by atoms with Gasteiger partial charge in [0, 0.05) is 24.0 Å². The molecule has 46 heavy (non-hydrogen) atoms. The number of halogens is 1. The fourth-order valence-electron chi connectivity index (χ4n) is 5.92. The highest BCUT2D eigenvalue weighted by atomic mass is 35.5. The normalized spacial score (nSPS) is 14.3. The molecule has 0 saturated heterocycles. The summed E-state index contributed by atoms with van der Waals surface area (Å²) < 4.78 is 29.4. The van der Waals surface area contributed by atoms with Gasteiger partial charge in [-0.15, -0.1) is 0 Å². The number of rotatable bonds is 12. The first kappa shape index (κ1) is 33.2. The first-order valence-corrected chi connectivity index (χ1v) is 17.6. The molecule has 0 unspecified atom stereocenters. The smallest absolute Gasteiger partial charge is 0.264 e. The predicted octanol–water partition coefficient (Wildman–Crippen LogP) is 6.93. The number of nitrogens with zero attached hydrogens (tertiary/aromatic N) is 2. The number of aryl methyl sites for hydroxylation is 1. The van der Waals surface area contributed by atoms with E-state index in [2.05, 4.69) is 5.32 Å². The molecule has 9 heteroatoms. The van der Waals surface area contributed by atoms with Crippen LogP contribution in [-0.4, -0.2) is 43.8 Å². The third-order valence-corrected chi connectivity index (χ3v) is 10.4. The average molecular weight is 658 g/mol. The third kappa shape index (κ3) is 8.56. The highest BCUT2D eigenvalue weighted by molar-refractivity contribution is 7.92. The maximum absolute atomic E-state index is 14.6. The molecule has 1 fully saturated rings. The number of anilines is 1. The van der Waals surface area contributed by atoms with Crippen molar-refractivity contribution in [1.82, 2.24) is 10.2 Å². The highest BCUT2D eigenvalue weighted by Crippen LogP contribution is 2.26. The molecule has 5 rings (SSSR count). The molecule has 1 aliphatic carbocycles. The Morgan fingerprint density at radius 1 is 0.826 bits per heavy atom. The molecule has 1 N–H and O–H groups in total. The van der Waals surface area contributed by atoms with E-state index < -0.39 is 28.5 Å². The lowest BCUT2D eigenvalue weighted by Crippen LogP contribution is -2.55. The molecular formula is C37H40ClN3O4S. The molecule has 0 bridgehead atoms. The zero-order chi connectivity index (χ0) is 32.5. The zero-order valence-electron chi connectivity index (χ0n) is 26.0. The Morgan fingerprint density at radius 3 is 2.13 bits per heavy atom. The van der Waals surface area contributed by atoms with E-state index in [1.165, 1.54) is 17.0 Å². The van der Waals surface area contributed by atoms with Crippen molar-refractivity contribution in [2.45, 2.75) is 69.0 Å². The predicted molar refractivity (Wildman–Crippen MR) is 183 cm³/mol. The Labute approximate surface area is 277 Å². The second kappa shape index (κ2) is 15.4. The van der Waals surface area contributed by atoms with Gasteiger partial charge in [-0.25, -0.2) is 8.42 Å². The summed E-state index contributed by atoms with van der Waals surface area (Å²) in [5, 5.41) is 3.79. The minimum Gasteiger partial charge on any atom is -0.352 e. The summed E-state index contributed by atoms with van der Waals surface area (Å²) in [6.45, 7) is 1.48. The summed E-state index contributed by atoms with van der Waals surface area (Å²) in [4.78, 5) is 30.4. The van der Waals surface area contributed by atoms with E-state index in [0.717, 1.165) is 53.1 Å². The van der Waals surface area contributed by atoms with Gasteiger partial charge in [-0.05, 0) is 72.9 Å². The lowest BCUT2D eigenvalue weighted by atomic mass is 9.94. The number of hydrogen-bond acceptors (Lipinski definition) is 4. The monoisotopic (exact) mass is 657 g/mol. The molecule has 1 saturated carbocycles. The Balaban J connectivity index is 1.55. The van der Waals surface area contributed by atoms with Crippen LogP contribution in [0.15, 0.2) is 114 Å². The molecule has 0 aliphatic heterocycles. The van der Waals surface area contributed by atoms with E-state index in [0.29, 0.717) is 10.7 Å². The lowest BCUT2D eigenvalue weighted by molar-refractivity contribution is -0.140.